The summed E-state index contributed by atoms with van der Waals surface area (Å²) >= 11 is 1.57. The van der Waals surface area contributed by atoms with Crippen LogP contribution in [0, 0.1) is 11.7 Å². The number of hydrogen-bond donors (Lipinski definition) is 1. The van der Waals surface area contributed by atoms with Crippen LogP contribution in [0.1, 0.15) is 43.0 Å². The summed E-state index contributed by atoms with van der Waals surface area (Å²) in [7, 11) is 0. The Hall–Kier alpha value is -2.41. The smallest absolute Gasteiger partial charge is 0.257 e. The van der Waals surface area contributed by atoms with Crippen LogP contribution < -0.4 is 10.1 Å². The molecule has 7 heteroatoms. The summed E-state index contributed by atoms with van der Waals surface area (Å²) < 4.78 is 19.5. The van der Waals surface area contributed by atoms with Crippen molar-refractivity contribution in [3.63, 3.8) is 0 Å². The molecule has 5 nitrogen and oxygen atoms in total. The molecule has 1 amide bonds. The molecule has 0 radical (unpaired) electrons. The Morgan fingerprint density at radius 1 is 1.21 bits per heavy atom. The van der Waals surface area contributed by atoms with Gasteiger partial charge in [0.15, 0.2) is 0 Å². The van der Waals surface area contributed by atoms with Crippen LogP contribution in [0.5, 0.6) is 11.6 Å². The molecule has 0 spiro atoms. The monoisotopic (exact) mass is 402 g/mol. The first kappa shape index (κ1) is 20.3. The van der Waals surface area contributed by atoms with Crippen LogP contribution in [0.4, 0.5) is 4.39 Å². The van der Waals surface area contributed by atoms with E-state index in [1.54, 1.807) is 24.8 Å². The number of carbonyl (C=O) groups excluding carboxylic acids is 2. The summed E-state index contributed by atoms with van der Waals surface area (Å²) in [4.78, 5) is 29.2. The fourth-order valence-electron chi connectivity index (χ4n) is 3.35. The SMILES string of the molecule is CSc1cccc(Oc2ncc(F)cc2C(=O)NC2CCC(C(C)=O)CC2)c1. The topological polar surface area (TPSA) is 68.3 Å². The number of nitrogens with one attached hydrogen (secondary N) is 1. The second kappa shape index (κ2) is 9.19. The first-order valence-electron chi connectivity index (χ1n) is 9.25. The van der Waals surface area contributed by atoms with Gasteiger partial charge in [0.25, 0.3) is 5.91 Å². The van der Waals surface area contributed by atoms with Gasteiger partial charge in [-0.1, -0.05) is 6.07 Å². The van der Waals surface area contributed by atoms with E-state index in [9.17, 15) is 14.0 Å². The van der Waals surface area contributed by atoms with Gasteiger partial charge < -0.3 is 10.1 Å². The maximum Gasteiger partial charge on any atom is 0.257 e. The van der Waals surface area contributed by atoms with E-state index in [4.69, 9.17) is 4.74 Å². The fraction of sp³-hybridized carbons (Fsp3) is 0.381. The van der Waals surface area contributed by atoms with Gasteiger partial charge in [-0.05, 0) is 63.1 Å². The molecule has 1 aliphatic rings. The number of aromatic nitrogens is 1. The molecule has 0 aliphatic heterocycles. The highest BCUT2D eigenvalue weighted by molar-refractivity contribution is 7.98. The van der Waals surface area contributed by atoms with Crippen molar-refractivity contribution in [3.05, 3.63) is 47.9 Å². The Kier molecular flexibility index (Phi) is 6.67. The summed E-state index contributed by atoms with van der Waals surface area (Å²) in [6.07, 6.45) is 5.95. The van der Waals surface area contributed by atoms with Gasteiger partial charge in [0, 0.05) is 16.9 Å². The predicted molar refractivity (Wildman–Crippen MR) is 106 cm³/mol. The van der Waals surface area contributed by atoms with Crippen LogP contribution >= 0.6 is 11.8 Å². The molecule has 1 fully saturated rings. The van der Waals surface area contributed by atoms with Crippen molar-refractivity contribution in [2.24, 2.45) is 5.92 Å². The van der Waals surface area contributed by atoms with Crippen LogP contribution in [0.15, 0.2) is 41.4 Å². The zero-order chi connectivity index (χ0) is 20.1. The normalized spacial score (nSPS) is 19.1. The molecule has 3 rings (SSSR count). The summed E-state index contributed by atoms with van der Waals surface area (Å²) in [6.45, 7) is 1.61. The lowest BCUT2D eigenvalue weighted by atomic mass is 9.84. The van der Waals surface area contributed by atoms with Gasteiger partial charge in [0.05, 0.1) is 6.20 Å². The Morgan fingerprint density at radius 2 is 1.96 bits per heavy atom. The van der Waals surface area contributed by atoms with E-state index in [2.05, 4.69) is 10.3 Å². The van der Waals surface area contributed by atoms with E-state index >= 15 is 0 Å². The average molecular weight is 402 g/mol. The third-order valence-electron chi connectivity index (χ3n) is 4.96. The van der Waals surface area contributed by atoms with Gasteiger partial charge in [0.1, 0.15) is 22.9 Å². The van der Waals surface area contributed by atoms with E-state index in [1.807, 2.05) is 24.5 Å². The van der Waals surface area contributed by atoms with Gasteiger partial charge in [-0.15, -0.1) is 11.8 Å². The lowest BCUT2D eigenvalue weighted by Crippen LogP contribution is -2.38. The molecule has 28 heavy (non-hydrogen) atoms. The number of nitrogens with zero attached hydrogens (tertiary/aromatic N) is 1. The van der Waals surface area contributed by atoms with Crippen molar-refractivity contribution in [2.75, 3.05) is 6.26 Å². The highest BCUT2D eigenvalue weighted by Gasteiger charge is 2.26. The van der Waals surface area contributed by atoms with Crippen LogP contribution in [0.2, 0.25) is 0 Å². The van der Waals surface area contributed by atoms with E-state index in [0.29, 0.717) is 5.75 Å². The Balaban J connectivity index is 1.73. The third kappa shape index (κ3) is 5.10. The number of pyridine rings is 1. The average Bonchev–Trinajstić information content (AvgIpc) is 2.70. The predicted octanol–water partition coefficient (Wildman–Crippen LogP) is 4.61. The number of thioether (sulfide) groups is 1. The molecule has 1 aromatic carbocycles. The molecule has 1 aliphatic carbocycles. The van der Waals surface area contributed by atoms with Gasteiger partial charge >= 0.3 is 0 Å². The van der Waals surface area contributed by atoms with E-state index < -0.39 is 11.7 Å². The number of Topliss-reactive ketones (excluding diaryl/α,β-unsaturated/α-hetero) is 1. The minimum atomic E-state index is -0.601. The first-order valence-corrected chi connectivity index (χ1v) is 10.5. The molecule has 148 valence electrons. The summed E-state index contributed by atoms with van der Waals surface area (Å²) in [5, 5.41) is 2.93. The maximum absolute atomic E-state index is 13.7. The highest BCUT2D eigenvalue weighted by Crippen LogP contribution is 2.28. The van der Waals surface area contributed by atoms with Crippen LogP contribution in [0.25, 0.3) is 0 Å². The number of carbonyl (C=O) groups is 2. The fourth-order valence-corrected chi connectivity index (χ4v) is 3.80. The number of benzene rings is 1. The number of amides is 1. The van der Waals surface area contributed by atoms with Crippen molar-refractivity contribution in [2.45, 2.75) is 43.5 Å². The lowest BCUT2D eigenvalue weighted by Gasteiger charge is -2.27. The number of rotatable bonds is 6. The minimum absolute atomic E-state index is 0.0426. The molecule has 2 aromatic rings. The molecule has 0 saturated heterocycles. The molecular weight excluding hydrogens is 379 g/mol. The van der Waals surface area contributed by atoms with Crippen molar-refractivity contribution >= 4 is 23.5 Å². The number of ether oxygens (including phenoxy) is 1. The van der Waals surface area contributed by atoms with Crippen molar-refractivity contribution in [1.82, 2.24) is 10.3 Å². The molecule has 1 N–H and O–H groups in total. The Morgan fingerprint density at radius 3 is 2.64 bits per heavy atom. The van der Waals surface area contributed by atoms with Crippen molar-refractivity contribution < 1.29 is 18.7 Å². The van der Waals surface area contributed by atoms with Gasteiger partial charge in [-0.25, -0.2) is 9.37 Å². The third-order valence-corrected chi connectivity index (χ3v) is 5.68. The van der Waals surface area contributed by atoms with Crippen LogP contribution in [-0.2, 0) is 4.79 Å². The van der Waals surface area contributed by atoms with Gasteiger partial charge in [0.2, 0.25) is 5.88 Å². The van der Waals surface area contributed by atoms with Gasteiger partial charge in [-0.2, -0.15) is 0 Å². The highest BCUT2D eigenvalue weighted by atomic mass is 32.2. The van der Waals surface area contributed by atoms with E-state index in [-0.39, 0.29) is 29.2 Å². The zero-order valence-corrected chi connectivity index (χ0v) is 16.7. The van der Waals surface area contributed by atoms with Crippen molar-refractivity contribution in [3.8, 4) is 11.6 Å². The maximum atomic E-state index is 13.7. The number of ketones is 1. The quantitative estimate of drug-likeness (QED) is 0.715. The largest absolute Gasteiger partial charge is 0.438 e. The van der Waals surface area contributed by atoms with Crippen LogP contribution in [-0.4, -0.2) is 29.0 Å². The minimum Gasteiger partial charge on any atom is -0.438 e. The molecule has 0 bridgehead atoms. The molecule has 1 heterocycles. The molecule has 0 atom stereocenters. The Bertz CT molecular complexity index is 866. The molecular formula is C21H23FN2O3S. The van der Waals surface area contributed by atoms with Crippen LogP contribution in [0.3, 0.4) is 0 Å². The van der Waals surface area contributed by atoms with Crippen molar-refractivity contribution in [1.29, 1.82) is 0 Å². The lowest BCUT2D eigenvalue weighted by molar-refractivity contribution is -0.121. The standard InChI is InChI=1S/C21H23FN2O3S/c1-13(25)14-6-8-16(9-7-14)24-20(26)19-10-15(22)12-23-21(19)27-17-4-3-5-18(11-17)28-2/h3-5,10-12,14,16H,6-9H2,1-2H3,(H,24,26). The van der Waals surface area contributed by atoms with E-state index in [0.717, 1.165) is 42.8 Å². The first-order chi connectivity index (χ1) is 13.5. The summed E-state index contributed by atoms with van der Waals surface area (Å²) in [5.41, 5.74) is 0.0586. The van der Waals surface area contributed by atoms with E-state index in [1.165, 1.54) is 0 Å². The number of halogens is 1. The Labute approximate surface area is 168 Å². The number of hydrogen-bond acceptors (Lipinski definition) is 5. The second-order valence-electron chi connectivity index (χ2n) is 6.92. The summed E-state index contributed by atoms with van der Waals surface area (Å²) in [5.74, 6) is -0.157. The summed E-state index contributed by atoms with van der Waals surface area (Å²) in [6, 6.07) is 8.48. The molecule has 0 unspecified atom stereocenters. The molecule has 1 aromatic heterocycles. The van der Waals surface area contributed by atoms with Gasteiger partial charge in [-0.3, -0.25) is 9.59 Å². The zero-order valence-electron chi connectivity index (χ0n) is 15.9. The molecule has 1 saturated carbocycles. The second-order valence-corrected chi connectivity index (χ2v) is 7.80.